The van der Waals surface area contributed by atoms with Gasteiger partial charge < -0.3 is 9.80 Å². The van der Waals surface area contributed by atoms with E-state index in [0.29, 0.717) is 5.02 Å². The lowest BCUT2D eigenvalue weighted by Gasteiger charge is -2.30. The molecule has 0 atom stereocenters. The van der Waals surface area contributed by atoms with E-state index in [-0.39, 0.29) is 0 Å². The Labute approximate surface area is 142 Å². The van der Waals surface area contributed by atoms with Crippen molar-refractivity contribution in [3.05, 3.63) is 69.7 Å². The first-order chi connectivity index (χ1) is 10.7. The van der Waals surface area contributed by atoms with Gasteiger partial charge in [0.25, 0.3) is 0 Å². The maximum Gasteiger partial charge on any atom is 0.127 e. The van der Waals surface area contributed by atoms with E-state index < -0.39 is 0 Å². The Morgan fingerprint density at radius 3 is 2.05 bits per heavy atom. The van der Waals surface area contributed by atoms with Gasteiger partial charge in [0, 0.05) is 16.1 Å². The van der Waals surface area contributed by atoms with E-state index in [2.05, 4.69) is 36.4 Å². The van der Waals surface area contributed by atoms with E-state index in [1.807, 2.05) is 12.1 Å². The van der Waals surface area contributed by atoms with Gasteiger partial charge in [-0.25, -0.2) is 0 Å². The molecule has 0 spiro atoms. The van der Waals surface area contributed by atoms with Crippen molar-refractivity contribution in [3.8, 4) is 0 Å². The Balaban J connectivity index is 1.51. The van der Waals surface area contributed by atoms with Crippen LogP contribution in [0.4, 0.5) is 0 Å². The largest absolute Gasteiger partial charge is 0.322 e. The van der Waals surface area contributed by atoms with Crippen LogP contribution in [0.1, 0.15) is 11.1 Å². The molecular weight excluding hydrogens is 315 g/mol. The summed E-state index contributed by atoms with van der Waals surface area (Å²) in [6, 6.07) is 16.6. The zero-order chi connectivity index (χ0) is 15.4. The minimum absolute atomic E-state index is 0.709. The van der Waals surface area contributed by atoms with Crippen LogP contribution in [-0.2, 0) is 13.1 Å². The first-order valence-corrected chi connectivity index (χ1v) is 8.61. The second-order valence-corrected chi connectivity index (χ2v) is 6.92. The highest BCUT2D eigenvalue weighted by molar-refractivity contribution is 6.35. The van der Waals surface area contributed by atoms with E-state index in [1.165, 1.54) is 37.3 Å². The molecule has 1 saturated heterocycles. The number of rotatable bonds is 4. The summed E-state index contributed by atoms with van der Waals surface area (Å²) in [6.45, 7) is 6.96. The van der Waals surface area contributed by atoms with Crippen molar-refractivity contribution in [2.45, 2.75) is 13.1 Å². The van der Waals surface area contributed by atoms with Crippen LogP contribution in [0.5, 0.6) is 0 Å². The fraction of sp³-hybridized carbons (Fsp3) is 0.333. The van der Waals surface area contributed by atoms with Gasteiger partial charge in [0.05, 0.1) is 5.02 Å². The molecule has 1 aliphatic heterocycles. The number of quaternary nitrogens is 2. The maximum atomic E-state index is 6.28. The molecular formula is C18H22Cl2N2+2. The highest BCUT2D eigenvalue weighted by Gasteiger charge is 2.23. The summed E-state index contributed by atoms with van der Waals surface area (Å²) in [5, 5.41) is 1.50. The van der Waals surface area contributed by atoms with Crippen LogP contribution in [-0.4, -0.2) is 26.2 Å². The van der Waals surface area contributed by atoms with Crippen LogP contribution in [0.15, 0.2) is 48.5 Å². The Bertz CT molecular complexity index is 608. The normalized spacial score (nSPS) is 21.7. The Morgan fingerprint density at radius 1 is 0.773 bits per heavy atom. The smallest absolute Gasteiger partial charge is 0.127 e. The number of hydrogen-bond acceptors (Lipinski definition) is 0. The third-order valence-electron chi connectivity index (χ3n) is 4.42. The quantitative estimate of drug-likeness (QED) is 0.836. The predicted molar refractivity (Wildman–Crippen MR) is 91.7 cm³/mol. The van der Waals surface area contributed by atoms with Crippen molar-refractivity contribution in [2.24, 2.45) is 0 Å². The van der Waals surface area contributed by atoms with Gasteiger partial charge in [0.1, 0.15) is 39.3 Å². The molecule has 2 N–H and O–H groups in total. The van der Waals surface area contributed by atoms with Crippen molar-refractivity contribution >= 4 is 23.2 Å². The molecule has 3 rings (SSSR count). The third-order valence-corrected chi connectivity index (χ3v) is 5.00. The van der Waals surface area contributed by atoms with Gasteiger partial charge in [-0.2, -0.15) is 0 Å². The van der Waals surface area contributed by atoms with Crippen LogP contribution >= 0.6 is 23.2 Å². The second kappa shape index (κ2) is 7.47. The maximum absolute atomic E-state index is 6.28. The lowest BCUT2D eigenvalue weighted by molar-refractivity contribution is -1.02. The number of nitrogens with one attached hydrogen (secondary N) is 2. The van der Waals surface area contributed by atoms with Crippen LogP contribution in [0, 0.1) is 0 Å². The number of hydrogen-bond donors (Lipinski definition) is 2. The minimum atomic E-state index is 0.709. The van der Waals surface area contributed by atoms with E-state index >= 15 is 0 Å². The lowest BCUT2D eigenvalue weighted by Crippen LogP contribution is -3.27. The van der Waals surface area contributed by atoms with Crippen LogP contribution < -0.4 is 9.80 Å². The van der Waals surface area contributed by atoms with Crippen LogP contribution in [0.2, 0.25) is 10.0 Å². The van der Waals surface area contributed by atoms with E-state index in [1.54, 1.807) is 9.80 Å². The molecule has 0 amide bonds. The molecule has 0 saturated carbocycles. The number of benzene rings is 2. The van der Waals surface area contributed by atoms with Crippen molar-refractivity contribution in [1.82, 2.24) is 0 Å². The summed E-state index contributed by atoms with van der Waals surface area (Å²) in [7, 11) is 0. The summed E-state index contributed by atoms with van der Waals surface area (Å²) < 4.78 is 0. The standard InChI is InChI=1S/C18H20Cl2N2/c19-17-7-6-16(18(20)12-17)14-22-10-8-21(9-11-22)13-15-4-2-1-3-5-15/h1-7,12H,8-11,13-14H2/p+2. The molecule has 2 aromatic carbocycles. The molecule has 2 aromatic rings. The molecule has 4 heteroatoms. The van der Waals surface area contributed by atoms with Gasteiger partial charge in [-0.1, -0.05) is 59.6 Å². The molecule has 116 valence electrons. The summed E-state index contributed by atoms with van der Waals surface area (Å²) >= 11 is 12.2. The van der Waals surface area contributed by atoms with Gasteiger partial charge in [-0.3, -0.25) is 0 Å². The van der Waals surface area contributed by atoms with Crippen molar-refractivity contribution in [1.29, 1.82) is 0 Å². The zero-order valence-corrected chi connectivity index (χ0v) is 14.1. The Hall–Kier alpha value is -1.06. The van der Waals surface area contributed by atoms with Gasteiger partial charge in [-0.15, -0.1) is 0 Å². The lowest BCUT2D eigenvalue weighted by atomic mass is 10.1. The van der Waals surface area contributed by atoms with Crippen molar-refractivity contribution in [2.75, 3.05) is 26.2 Å². The molecule has 1 heterocycles. The topological polar surface area (TPSA) is 8.88 Å². The minimum Gasteiger partial charge on any atom is -0.322 e. The summed E-state index contributed by atoms with van der Waals surface area (Å²) in [5.41, 5.74) is 2.63. The molecule has 0 unspecified atom stereocenters. The second-order valence-electron chi connectivity index (χ2n) is 6.07. The fourth-order valence-corrected chi connectivity index (χ4v) is 3.60. The summed E-state index contributed by atoms with van der Waals surface area (Å²) in [4.78, 5) is 3.29. The summed E-state index contributed by atoms with van der Waals surface area (Å²) in [6.07, 6.45) is 0. The number of halogens is 2. The molecule has 0 bridgehead atoms. The molecule has 1 fully saturated rings. The van der Waals surface area contributed by atoms with Crippen LogP contribution in [0.25, 0.3) is 0 Å². The monoisotopic (exact) mass is 336 g/mol. The molecule has 0 aliphatic carbocycles. The highest BCUT2D eigenvalue weighted by atomic mass is 35.5. The average molecular weight is 337 g/mol. The first-order valence-electron chi connectivity index (χ1n) is 7.86. The van der Waals surface area contributed by atoms with Gasteiger partial charge in [0.2, 0.25) is 0 Å². The molecule has 0 aromatic heterocycles. The van der Waals surface area contributed by atoms with Gasteiger partial charge in [0.15, 0.2) is 0 Å². The zero-order valence-electron chi connectivity index (χ0n) is 12.6. The molecule has 22 heavy (non-hydrogen) atoms. The Morgan fingerprint density at radius 2 is 1.41 bits per heavy atom. The van der Waals surface area contributed by atoms with Gasteiger partial charge in [-0.05, 0) is 12.1 Å². The molecule has 0 radical (unpaired) electrons. The van der Waals surface area contributed by atoms with Crippen LogP contribution in [0.3, 0.4) is 0 Å². The summed E-state index contributed by atoms with van der Waals surface area (Å²) in [5.74, 6) is 0. The van der Waals surface area contributed by atoms with Crippen molar-refractivity contribution < 1.29 is 9.80 Å². The molecule has 2 nitrogen and oxygen atoms in total. The Kier molecular flexibility index (Phi) is 5.37. The predicted octanol–water partition coefficient (Wildman–Crippen LogP) is 1.48. The van der Waals surface area contributed by atoms with Crippen molar-refractivity contribution in [3.63, 3.8) is 0 Å². The van der Waals surface area contributed by atoms with Gasteiger partial charge >= 0.3 is 0 Å². The highest BCUT2D eigenvalue weighted by Crippen LogP contribution is 2.20. The fourth-order valence-electron chi connectivity index (χ4n) is 3.13. The third kappa shape index (κ3) is 4.23. The molecule has 1 aliphatic rings. The number of piperazine rings is 1. The average Bonchev–Trinajstić information content (AvgIpc) is 2.53. The van der Waals surface area contributed by atoms with E-state index in [0.717, 1.165) is 18.1 Å². The first kappa shape index (κ1) is 15.8. The SMILES string of the molecule is Clc1ccc(C[NH+]2CC[NH+](Cc3ccccc3)CC2)c(Cl)c1. The van der Waals surface area contributed by atoms with E-state index in [4.69, 9.17) is 23.2 Å². The van der Waals surface area contributed by atoms with E-state index in [9.17, 15) is 0 Å².